The van der Waals surface area contributed by atoms with Crippen molar-refractivity contribution in [1.82, 2.24) is 10.3 Å². The predicted molar refractivity (Wildman–Crippen MR) is 58.6 cm³/mol. The van der Waals surface area contributed by atoms with Gasteiger partial charge in [0.1, 0.15) is 5.76 Å². The number of rotatable bonds is 6. The second-order valence-electron chi connectivity index (χ2n) is 3.47. The molecule has 0 saturated carbocycles. The number of amides is 1. The van der Waals surface area contributed by atoms with Crippen molar-refractivity contribution in [2.75, 3.05) is 27.3 Å². The number of ether oxygens (including phenoxy) is 1. The fourth-order valence-corrected chi connectivity index (χ4v) is 1.25. The lowest BCUT2D eigenvalue weighted by Crippen LogP contribution is -2.29. The van der Waals surface area contributed by atoms with E-state index in [1.807, 2.05) is 17.4 Å². The second-order valence-corrected chi connectivity index (χ2v) is 3.47. The molecule has 1 amide bonds. The molecule has 0 aliphatic heterocycles. The molecule has 16 heavy (non-hydrogen) atoms. The number of nitrogens with one attached hydrogen (secondary N) is 1. The monoisotopic (exact) mass is 227 g/mol. The Balaban J connectivity index is 2.48. The van der Waals surface area contributed by atoms with Crippen LogP contribution in [0, 0.1) is 0 Å². The molecule has 0 aliphatic carbocycles. The summed E-state index contributed by atoms with van der Waals surface area (Å²) >= 11 is 0. The van der Waals surface area contributed by atoms with Crippen LogP contribution < -0.4 is 11.3 Å². The Morgan fingerprint density at radius 1 is 1.62 bits per heavy atom. The SMILES string of the molecule is COCCN(C)Cc1ccc(C(=O)NN)o1. The molecule has 0 fully saturated rings. The van der Waals surface area contributed by atoms with Crippen molar-refractivity contribution in [2.24, 2.45) is 5.84 Å². The van der Waals surface area contributed by atoms with Crippen molar-refractivity contribution in [3.8, 4) is 0 Å². The van der Waals surface area contributed by atoms with E-state index in [-0.39, 0.29) is 5.76 Å². The van der Waals surface area contributed by atoms with Gasteiger partial charge in [0.15, 0.2) is 5.76 Å². The smallest absolute Gasteiger partial charge is 0.300 e. The number of nitrogen functional groups attached to an aromatic ring is 1. The third-order valence-corrected chi connectivity index (χ3v) is 2.12. The topological polar surface area (TPSA) is 80.7 Å². The van der Waals surface area contributed by atoms with Gasteiger partial charge in [-0.2, -0.15) is 0 Å². The number of likely N-dealkylation sites (N-methyl/N-ethyl adjacent to an activating group) is 1. The summed E-state index contributed by atoms with van der Waals surface area (Å²) in [5, 5.41) is 0. The predicted octanol–water partition coefficient (Wildman–Crippen LogP) is -0.0387. The third-order valence-electron chi connectivity index (χ3n) is 2.12. The summed E-state index contributed by atoms with van der Waals surface area (Å²) in [5.74, 6) is 5.51. The molecule has 6 heteroatoms. The van der Waals surface area contributed by atoms with E-state index in [1.165, 1.54) is 0 Å². The van der Waals surface area contributed by atoms with E-state index in [1.54, 1.807) is 19.2 Å². The van der Waals surface area contributed by atoms with Crippen LogP contribution in [-0.4, -0.2) is 38.1 Å². The molecule has 0 unspecified atom stereocenters. The molecule has 1 aromatic rings. The molecular weight excluding hydrogens is 210 g/mol. The van der Waals surface area contributed by atoms with E-state index in [0.717, 1.165) is 12.3 Å². The average molecular weight is 227 g/mol. The maximum atomic E-state index is 11.1. The normalized spacial score (nSPS) is 10.8. The van der Waals surface area contributed by atoms with E-state index < -0.39 is 5.91 Å². The molecule has 1 heterocycles. The minimum absolute atomic E-state index is 0.220. The zero-order chi connectivity index (χ0) is 12.0. The minimum atomic E-state index is -0.425. The summed E-state index contributed by atoms with van der Waals surface area (Å²) in [4.78, 5) is 13.2. The van der Waals surface area contributed by atoms with E-state index in [2.05, 4.69) is 0 Å². The number of carbonyl (C=O) groups excluding carboxylic acids is 1. The van der Waals surface area contributed by atoms with Gasteiger partial charge in [-0.25, -0.2) is 5.84 Å². The van der Waals surface area contributed by atoms with Gasteiger partial charge in [-0.3, -0.25) is 15.1 Å². The van der Waals surface area contributed by atoms with Crippen LogP contribution in [0.4, 0.5) is 0 Å². The summed E-state index contributed by atoms with van der Waals surface area (Å²) in [5.41, 5.74) is 2.02. The number of nitrogens with two attached hydrogens (primary N) is 1. The molecular formula is C10H17N3O3. The largest absolute Gasteiger partial charge is 0.455 e. The molecule has 3 N–H and O–H groups in total. The van der Waals surface area contributed by atoms with Crippen LogP contribution >= 0.6 is 0 Å². The highest BCUT2D eigenvalue weighted by atomic mass is 16.5. The summed E-state index contributed by atoms with van der Waals surface area (Å²) in [6.45, 7) is 2.09. The summed E-state index contributed by atoms with van der Waals surface area (Å²) < 4.78 is 10.3. The fourth-order valence-electron chi connectivity index (χ4n) is 1.25. The van der Waals surface area contributed by atoms with E-state index in [9.17, 15) is 4.79 Å². The molecule has 0 spiro atoms. The molecule has 6 nitrogen and oxygen atoms in total. The molecule has 90 valence electrons. The van der Waals surface area contributed by atoms with Crippen LogP contribution in [0.2, 0.25) is 0 Å². The molecule has 1 rings (SSSR count). The Morgan fingerprint density at radius 2 is 2.38 bits per heavy atom. The number of hydrazine groups is 1. The highest BCUT2D eigenvalue weighted by molar-refractivity contribution is 5.90. The molecule has 0 aromatic carbocycles. The van der Waals surface area contributed by atoms with Crippen LogP contribution in [0.15, 0.2) is 16.5 Å². The number of nitrogens with zero attached hydrogens (tertiary/aromatic N) is 1. The standard InChI is InChI=1S/C10H17N3O3/c1-13(5-6-15-2)7-8-3-4-9(16-8)10(14)12-11/h3-4H,5-7,11H2,1-2H3,(H,12,14). The van der Waals surface area contributed by atoms with Crippen molar-refractivity contribution in [2.45, 2.75) is 6.54 Å². The lowest BCUT2D eigenvalue weighted by molar-refractivity contribution is 0.0921. The highest BCUT2D eigenvalue weighted by Gasteiger charge is 2.10. The Labute approximate surface area is 94.3 Å². The van der Waals surface area contributed by atoms with E-state index in [4.69, 9.17) is 15.0 Å². The second kappa shape index (κ2) is 6.26. The molecule has 0 radical (unpaired) electrons. The number of carbonyl (C=O) groups is 1. The van der Waals surface area contributed by atoms with Crippen LogP contribution in [0.5, 0.6) is 0 Å². The lowest BCUT2D eigenvalue weighted by Gasteiger charge is -2.13. The first kappa shape index (κ1) is 12.7. The fraction of sp³-hybridized carbons (Fsp3) is 0.500. The van der Waals surface area contributed by atoms with Gasteiger partial charge in [0.2, 0.25) is 0 Å². The Bertz CT molecular complexity index is 338. The van der Waals surface area contributed by atoms with Gasteiger partial charge in [0.25, 0.3) is 0 Å². The van der Waals surface area contributed by atoms with Crippen molar-refractivity contribution < 1.29 is 13.9 Å². The van der Waals surface area contributed by atoms with Crippen LogP contribution in [-0.2, 0) is 11.3 Å². The average Bonchev–Trinajstić information content (AvgIpc) is 2.73. The molecule has 0 saturated heterocycles. The number of methoxy groups -OCH3 is 1. The first-order valence-electron chi connectivity index (χ1n) is 4.94. The van der Waals surface area contributed by atoms with Gasteiger partial charge in [0.05, 0.1) is 13.2 Å². The Hall–Kier alpha value is -1.37. The first-order chi connectivity index (χ1) is 7.67. The summed E-state index contributed by atoms with van der Waals surface area (Å²) in [6, 6.07) is 3.36. The van der Waals surface area contributed by atoms with Gasteiger partial charge in [-0.05, 0) is 19.2 Å². The van der Waals surface area contributed by atoms with Gasteiger partial charge >= 0.3 is 5.91 Å². The highest BCUT2D eigenvalue weighted by Crippen LogP contribution is 2.09. The maximum absolute atomic E-state index is 11.1. The zero-order valence-electron chi connectivity index (χ0n) is 9.53. The number of furan rings is 1. The zero-order valence-corrected chi connectivity index (χ0v) is 9.53. The van der Waals surface area contributed by atoms with Crippen LogP contribution in [0.3, 0.4) is 0 Å². The van der Waals surface area contributed by atoms with Crippen molar-refractivity contribution in [1.29, 1.82) is 0 Å². The van der Waals surface area contributed by atoms with Gasteiger partial charge in [-0.1, -0.05) is 0 Å². The molecule has 0 aliphatic rings. The van der Waals surface area contributed by atoms with Gasteiger partial charge in [-0.15, -0.1) is 0 Å². The maximum Gasteiger partial charge on any atom is 0.300 e. The van der Waals surface area contributed by atoms with Crippen LogP contribution in [0.25, 0.3) is 0 Å². The summed E-state index contributed by atoms with van der Waals surface area (Å²) in [6.07, 6.45) is 0. The Morgan fingerprint density at radius 3 is 3.00 bits per heavy atom. The third kappa shape index (κ3) is 3.65. The van der Waals surface area contributed by atoms with E-state index >= 15 is 0 Å². The number of hydrogen-bond donors (Lipinski definition) is 2. The van der Waals surface area contributed by atoms with Gasteiger partial charge < -0.3 is 9.15 Å². The molecule has 0 atom stereocenters. The van der Waals surface area contributed by atoms with Crippen LogP contribution in [0.1, 0.15) is 16.3 Å². The summed E-state index contributed by atoms with van der Waals surface area (Å²) in [7, 11) is 3.61. The molecule has 0 bridgehead atoms. The quantitative estimate of drug-likeness (QED) is 0.405. The number of hydrogen-bond acceptors (Lipinski definition) is 5. The minimum Gasteiger partial charge on any atom is -0.455 e. The van der Waals surface area contributed by atoms with Crippen molar-refractivity contribution in [3.63, 3.8) is 0 Å². The first-order valence-corrected chi connectivity index (χ1v) is 4.94. The molecule has 1 aromatic heterocycles. The van der Waals surface area contributed by atoms with E-state index in [0.29, 0.717) is 13.2 Å². The van der Waals surface area contributed by atoms with Crippen molar-refractivity contribution >= 4 is 5.91 Å². The lowest BCUT2D eigenvalue weighted by atomic mass is 10.4. The Kier molecular flexibility index (Phi) is 4.97. The van der Waals surface area contributed by atoms with Crippen molar-refractivity contribution in [3.05, 3.63) is 23.7 Å². The van der Waals surface area contributed by atoms with Gasteiger partial charge in [0, 0.05) is 13.7 Å².